The van der Waals surface area contributed by atoms with Gasteiger partial charge in [0.2, 0.25) is 5.91 Å². The number of nitrogens with one attached hydrogen (secondary N) is 2. The molecule has 4 heteroatoms. The van der Waals surface area contributed by atoms with Gasteiger partial charge in [0, 0.05) is 24.5 Å². The molecule has 0 saturated carbocycles. The number of carbonyl (C=O) groups excluding carboxylic acids is 1. The third-order valence-corrected chi connectivity index (χ3v) is 3.44. The summed E-state index contributed by atoms with van der Waals surface area (Å²) in [6.07, 6.45) is 7.78. The van der Waals surface area contributed by atoms with Crippen molar-refractivity contribution in [3.8, 4) is 0 Å². The van der Waals surface area contributed by atoms with Gasteiger partial charge in [-0.3, -0.25) is 4.79 Å². The van der Waals surface area contributed by atoms with Gasteiger partial charge in [-0.05, 0) is 51.3 Å². The average Bonchev–Trinajstić information content (AvgIpc) is 2.69. The maximum atomic E-state index is 11.7. The van der Waals surface area contributed by atoms with Crippen molar-refractivity contribution in [2.45, 2.75) is 51.7 Å². The molecule has 0 fully saturated rings. The van der Waals surface area contributed by atoms with Crippen LogP contribution in [0, 0.1) is 0 Å². The number of fused-ring (bicyclic) bond motifs is 1. The predicted octanol–water partition coefficient (Wildman–Crippen LogP) is 1.61. The summed E-state index contributed by atoms with van der Waals surface area (Å²) in [5.74, 6) is 0.0818. The van der Waals surface area contributed by atoms with E-state index in [-0.39, 0.29) is 11.9 Å². The summed E-state index contributed by atoms with van der Waals surface area (Å²) < 4.78 is 2.01. The zero-order chi connectivity index (χ0) is 13.1. The molecule has 1 amide bonds. The number of amides is 1. The third-order valence-electron chi connectivity index (χ3n) is 3.44. The summed E-state index contributed by atoms with van der Waals surface area (Å²) in [6.45, 7) is 4.38. The lowest BCUT2D eigenvalue weighted by Gasteiger charge is -2.21. The Bertz CT molecular complexity index is 423. The minimum atomic E-state index is 0.0818. The Morgan fingerprint density at radius 2 is 2.28 bits per heavy atom. The topological polar surface area (TPSA) is 46.1 Å². The Labute approximate surface area is 109 Å². The first-order valence-electron chi connectivity index (χ1n) is 6.75. The molecule has 1 aromatic rings. The number of aryl methyl sites for hydroxylation is 1. The van der Waals surface area contributed by atoms with E-state index < -0.39 is 0 Å². The first-order valence-corrected chi connectivity index (χ1v) is 6.75. The number of rotatable bonds is 4. The molecular formula is C14H23N3O. The molecule has 1 aliphatic rings. The lowest BCUT2D eigenvalue weighted by molar-refractivity contribution is -0.122. The molecule has 18 heavy (non-hydrogen) atoms. The van der Waals surface area contributed by atoms with E-state index in [1.165, 1.54) is 24.0 Å². The summed E-state index contributed by atoms with van der Waals surface area (Å²) in [4.78, 5) is 11.7. The molecule has 2 rings (SSSR count). The van der Waals surface area contributed by atoms with Gasteiger partial charge in [-0.25, -0.2) is 0 Å². The summed E-state index contributed by atoms with van der Waals surface area (Å²) in [6, 6.07) is 0.649. The van der Waals surface area contributed by atoms with E-state index in [0.29, 0.717) is 12.6 Å². The van der Waals surface area contributed by atoms with E-state index in [1.54, 1.807) is 0 Å². The smallest absolute Gasteiger partial charge is 0.240 e. The molecule has 0 radical (unpaired) electrons. The number of nitrogens with zero attached hydrogens (tertiary/aromatic N) is 1. The van der Waals surface area contributed by atoms with Crippen molar-refractivity contribution in [1.29, 1.82) is 0 Å². The van der Waals surface area contributed by atoms with E-state index in [0.717, 1.165) is 6.42 Å². The van der Waals surface area contributed by atoms with Crippen LogP contribution in [0.15, 0.2) is 12.4 Å². The Kier molecular flexibility index (Phi) is 4.07. The molecule has 0 saturated heterocycles. The Hall–Kier alpha value is -1.29. The standard InChI is InChI=1S/C14H23N3O/c1-10(2)16-14(18)9-17-7-11-5-4-6-13(15-3)12(11)8-17/h7-8,10,13,15H,4-6,9H2,1-3H3,(H,16,18). The molecule has 1 atom stereocenters. The molecule has 1 aromatic heterocycles. The third kappa shape index (κ3) is 2.93. The van der Waals surface area contributed by atoms with Crippen LogP contribution in [-0.4, -0.2) is 23.6 Å². The van der Waals surface area contributed by atoms with Crippen LogP contribution >= 0.6 is 0 Å². The van der Waals surface area contributed by atoms with Crippen LogP contribution < -0.4 is 10.6 Å². The fourth-order valence-corrected chi connectivity index (χ4v) is 2.67. The Balaban J connectivity index is 2.07. The zero-order valence-electron chi connectivity index (χ0n) is 11.5. The molecule has 1 heterocycles. The van der Waals surface area contributed by atoms with Gasteiger partial charge in [-0.15, -0.1) is 0 Å². The van der Waals surface area contributed by atoms with Gasteiger partial charge in [0.05, 0.1) is 0 Å². The van der Waals surface area contributed by atoms with E-state index in [4.69, 9.17) is 0 Å². The quantitative estimate of drug-likeness (QED) is 0.851. The monoisotopic (exact) mass is 249 g/mol. The fourth-order valence-electron chi connectivity index (χ4n) is 2.67. The maximum Gasteiger partial charge on any atom is 0.240 e. The Morgan fingerprint density at radius 1 is 1.50 bits per heavy atom. The van der Waals surface area contributed by atoms with Gasteiger partial charge in [-0.1, -0.05) is 0 Å². The van der Waals surface area contributed by atoms with Gasteiger partial charge in [0.15, 0.2) is 0 Å². The molecule has 0 aromatic carbocycles. The van der Waals surface area contributed by atoms with Crippen LogP contribution in [0.3, 0.4) is 0 Å². The van der Waals surface area contributed by atoms with Gasteiger partial charge in [0.1, 0.15) is 6.54 Å². The second kappa shape index (κ2) is 5.57. The molecule has 0 spiro atoms. The summed E-state index contributed by atoms with van der Waals surface area (Å²) in [5.41, 5.74) is 2.75. The minimum absolute atomic E-state index is 0.0818. The number of hydrogen-bond acceptors (Lipinski definition) is 2. The SMILES string of the molecule is CNC1CCCc2cn(CC(=O)NC(C)C)cc21. The molecular weight excluding hydrogens is 226 g/mol. The number of carbonyl (C=O) groups is 1. The molecule has 1 aliphatic carbocycles. The molecule has 0 aliphatic heterocycles. The zero-order valence-corrected chi connectivity index (χ0v) is 11.5. The predicted molar refractivity (Wildman–Crippen MR) is 72.4 cm³/mol. The largest absolute Gasteiger partial charge is 0.352 e. The van der Waals surface area contributed by atoms with E-state index in [9.17, 15) is 4.79 Å². The van der Waals surface area contributed by atoms with Crippen LogP contribution in [0.2, 0.25) is 0 Å². The van der Waals surface area contributed by atoms with Crippen LogP contribution in [0.25, 0.3) is 0 Å². The molecule has 1 unspecified atom stereocenters. The van der Waals surface area contributed by atoms with Gasteiger partial charge in [-0.2, -0.15) is 0 Å². The minimum Gasteiger partial charge on any atom is -0.352 e. The van der Waals surface area contributed by atoms with Crippen molar-refractivity contribution < 1.29 is 4.79 Å². The lowest BCUT2D eigenvalue weighted by Crippen LogP contribution is -2.32. The number of hydrogen-bond donors (Lipinski definition) is 2. The summed E-state index contributed by atoms with van der Waals surface area (Å²) in [5, 5.41) is 6.27. The normalized spacial score (nSPS) is 18.8. The molecule has 100 valence electrons. The van der Waals surface area contributed by atoms with Crippen molar-refractivity contribution in [3.63, 3.8) is 0 Å². The Morgan fingerprint density at radius 3 is 2.94 bits per heavy atom. The second-order valence-electron chi connectivity index (χ2n) is 5.37. The molecule has 0 bridgehead atoms. The van der Waals surface area contributed by atoms with Crippen molar-refractivity contribution in [3.05, 3.63) is 23.5 Å². The van der Waals surface area contributed by atoms with Crippen molar-refractivity contribution in [2.24, 2.45) is 0 Å². The van der Waals surface area contributed by atoms with Gasteiger partial charge < -0.3 is 15.2 Å². The van der Waals surface area contributed by atoms with Crippen LogP contribution in [0.5, 0.6) is 0 Å². The highest BCUT2D eigenvalue weighted by molar-refractivity contribution is 5.76. The van der Waals surface area contributed by atoms with Crippen LogP contribution in [0.1, 0.15) is 43.9 Å². The van der Waals surface area contributed by atoms with Crippen molar-refractivity contribution in [2.75, 3.05) is 7.05 Å². The van der Waals surface area contributed by atoms with Crippen LogP contribution in [-0.2, 0) is 17.8 Å². The van der Waals surface area contributed by atoms with E-state index >= 15 is 0 Å². The highest BCUT2D eigenvalue weighted by Gasteiger charge is 2.20. The number of aromatic nitrogens is 1. The molecule has 4 nitrogen and oxygen atoms in total. The highest BCUT2D eigenvalue weighted by atomic mass is 16.2. The maximum absolute atomic E-state index is 11.7. The van der Waals surface area contributed by atoms with Crippen molar-refractivity contribution >= 4 is 5.91 Å². The molecule has 2 N–H and O–H groups in total. The second-order valence-corrected chi connectivity index (χ2v) is 5.37. The summed E-state index contributed by atoms with van der Waals surface area (Å²) >= 11 is 0. The lowest BCUT2D eigenvalue weighted by atomic mass is 9.91. The van der Waals surface area contributed by atoms with E-state index in [2.05, 4.69) is 23.0 Å². The fraction of sp³-hybridized carbons (Fsp3) is 0.643. The first kappa shape index (κ1) is 13.1. The highest BCUT2D eigenvalue weighted by Crippen LogP contribution is 2.29. The van der Waals surface area contributed by atoms with Gasteiger partial charge in [0.25, 0.3) is 0 Å². The van der Waals surface area contributed by atoms with Gasteiger partial charge >= 0.3 is 0 Å². The summed E-state index contributed by atoms with van der Waals surface area (Å²) in [7, 11) is 2.00. The van der Waals surface area contributed by atoms with Crippen LogP contribution in [0.4, 0.5) is 0 Å². The van der Waals surface area contributed by atoms with E-state index in [1.807, 2.05) is 25.5 Å². The average molecular weight is 249 g/mol. The first-order chi connectivity index (χ1) is 8.60. The van der Waals surface area contributed by atoms with Crippen molar-refractivity contribution in [1.82, 2.24) is 15.2 Å².